The van der Waals surface area contributed by atoms with Crippen LogP contribution in [0.3, 0.4) is 0 Å². The summed E-state index contributed by atoms with van der Waals surface area (Å²) >= 11 is 0. The van der Waals surface area contributed by atoms with Crippen LogP contribution >= 0.6 is 0 Å². The number of hydrogen-bond donors (Lipinski definition) is 2. The molecule has 0 atom stereocenters. The summed E-state index contributed by atoms with van der Waals surface area (Å²) in [5.74, 6) is 1.85. The Morgan fingerprint density at radius 1 is 1.07 bits per heavy atom. The molecule has 2 N–H and O–H groups in total. The average Bonchev–Trinajstić information content (AvgIpc) is 3.20. The Morgan fingerprint density at radius 3 is 2.69 bits per heavy atom. The molecule has 0 aliphatic carbocycles. The Labute approximate surface area is 168 Å². The Morgan fingerprint density at radius 2 is 1.93 bits per heavy atom. The number of nitrogens with zero attached hydrogens (tertiary/aromatic N) is 6. The van der Waals surface area contributed by atoms with Crippen molar-refractivity contribution in [2.75, 3.05) is 18.4 Å². The smallest absolute Gasteiger partial charge is 0.228 e. The summed E-state index contributed by atoms with van der Waals surface area (Å²) in [5.41, 5.74) is 3.90. The molecular weight excluding hydrogens is 364 g/mol. The molecule has 0 unspecified atom stereocenters. The van der Waals surface area contributed by atoms with Crippen molar-refractivity contribution < 1.29 is 0 Å². The maximum absolute atomic E-state index is 4.75. The highest BCUT2D eigenvalue weighted by molar-refractivity contribution is 6.01. The number of pyridine rings is 1. The van der Waals surface area contributed by atoms with Crippen LogP contribution < -0.4 is 10.6 Å². The van der Waals surface area contributed by atoms with E-state index in [1.807, 2.05) is 35.3 Å². The first-order chi connectivity index (χ1) is 14.2. The standard InChI is InChI=1S/C21H24N8/c1-13(2)29-20-17(27-28-29)5-3-16-12-24-21(26-19(16)20)25-18-6-4-15(11-23-18)14-7-9-22-10-8-14/h3-6,11-14,22H,7-10H2,1-2H3,(H,23,24,25,26). The first kappa shape index (κ1) is 17.9. The van der Waals surface area contributed by atoms with Gasteiger partial charge < -0.3 is 10.6 Å². The first-order valence-corrected chi connectivity index (χ1v) is 10.1. The minimum absolute atomic E-state index is 0.196. The fourth-order valence-electron chi connectivity index (χ4n) is 3.93. The number of piperidine rings is 1. The van der Waals surface area contributed by atoms with Gasteiger partial charge in [-0.2, -0.15) is 0 Å². The lowest BCUT2D eigenvalue weighted by atomic mass is 9.91. The maximum Gasteiger partial charge on any atom is 0.228 e. The SMILES string of the molecule is CC(C)n1nnc2ccc3cnc(Nc4ccc(C5CCNCC5)cn4)nc3c21. The van der Waals surface area contributed by atoms with E-state index in [4.69, 9.17) is 4.98 Å². The molecule has 4 heterocycles. The van der Waals surface area contributed by atoms with E-state index in [0.29, 0.717) is 11.9 Å². The van der Waals surface area contributed by atoms with E-state index in [0.717, 1.165) is 53.7 Å². The van der Waals surface area contributed by atoms with Gasteiger partial charge in [-0.05, 0) is 69.5 Å². The van der Waals surface area contributed by atoms with E-state index in [2.05, 4.69) is 50.8 Å². The van der Waals surface area contributed by atoms with Gasteiger partial charge in [0.25, 0.3) is 0 Å². The van der Waals surface area contributed by atoms with Gasteiger partial charge in [0, 0.05) is 23.8 Å². The monoisotopic (exact) mass is 388 g/mol. The summed E-state index contributed by atoms with van der Waals surface area (Å²) in [5, 5.41) is 16.2. The van der Waals surface area contributed by atoms with Crippen LogP contribution in [0, 0.1) is 0 Å². The molecule has 4 aromatic rings. The minimum atomic E-state index is 0.196. The largest absolute Gasteiger partial charge is 0.317 e. The van der Waals surface area contributed by atoms with Gasteiger partial charge in [0.15, 0.2) is 0 Å². The van der Waals surface area contributed by atoms with Crippen LogP contribution in [-0.4, -0.2) is 43.0 Å². The molecule has 1 fully saturated rings. The normalized spacial score (nSPS) is 15.4. The fourth-order valence-corrected chi connectivity index (χ4v) is 3.93. The average molecular weight is 388 g/mol. The topological polar surface area (TPSA) is 93.4 Å². The molecule has 0 radical (unpaired) electrons. The third kappa shape index (κ3) is 3.40. The van der Waals surface area contributed by atoms with Crippen molar-refractivity contribution in [3.63, 3.8) is 0 Å². The number of nitrogens with one attached hydrogen (secondary N) is 2. The van der Waals surface area contributed by atoms with Crippen molar-refractivity contribution in [1.29, 1.82) is 0 Å². The first-order valence-electron chi connectivity index (χ1n) is 10.1. The van der Waals surface area contributed by atoms with Gasteiger partial charge in [-0.25, -0.2) is 19.6 Å². The molecule has 8 nitrogen and oxygen atoms in total. The molecule has 1 saturated heterocycles. The molecule has 1 aromatic carbocycles. The van der Waals surface area contributed by atoms with E-state index < -0.39 is 0 Å². The number of aromatic nitrogens is 6. The quantitative estimate of drug-likeness (QED) is 0.552. The Hall–Kier alpha value is -3.13. The molecular formula is C21H24N8. The zero-order valence-electron chi connectivity index (χ0n) is 16.6. The van der Waals surface area contributed by atoms with E-state index in [1.165, 1.54) is 5.56 Å². The van der Waals surface area contributed by atoms with Crippen LogP contribution in [0.2, 0.25) is 0 Å². The number of benzene rings is 1. The highest BCUT2D eigenvalue weighted by Gasteiger charge is 2.16. The summed E-state index contributed by atoms with van der Waals surface area (Å²) in [6, 6.07) is 8.29. The van der Waals surface area contributed by atoms with Crippen LogP contribution in [0.1, 0.15) is 44.2 Å². The molecule has 5 rings (SSSR count). The van der Waals surface area contributed by atoms with E-state index in [-0.39, 0.29) is 6.04 Å². The summed E-state index contributed by atoms with van der Waals surface area (Å²) in [6.07, 6.45) is 6.12. The van der Waals surface area contributed by atoms with Crippen molar-refractivity contribution in [1.82, 2.24) is 35.3 Å². The van der Waals surface area contributed by atoms with Crippen molar-refractivity contribution >= 4 is 33.7 Å². The Balaban J connectivity index is 1.46. The zero-order valence-corrected chi connectivity index (χ0v) is 16.6. The molecule has 8 heteroatoms. The van der Waals surface area contributed by atoms with Gasteiger partial charge in [0.1, 0.15) is 22.4 Å². The van der Waals surface area contributed by atoms with Crippen LogP contribution in [0.4, 0.5) is 11.8 Å². The van der Waals surface area contributed by atoms with Gasteiger partial charge in [0.05, 0.1) is 0 Å². The lowest BCUT2D eigenvalue weighted by molar-refractivity contribution is 0.459. The number of fused-ring (bicyclic) bond motifs is 3. The second-order valence-electron chi connectivity index (χ2n) is 7.82. The van der Waals surface area contributed by atoms with Gasteiger partial charge in [-0.15, -0.1) is 5.10 Å². The summed E-state index contributed by atoms with van der Waals surface area (Å²) in [7, 11) is 0. The number of anilines is 2. The van der Waals surface area contributed by atoms with Gasteiger partial charge in [-0.3, -0.25) is 0 Å². The predicted molar refractivity (Wildman–Crippen MR) is 113 cm³/mol. The van der Waals surface area contributed by atoms with Crippen LogP contribution in [0.15, 0.2) is 36.7 Å². The fraction of sp³-hybridized carbons (Fsp3) is 0.381. The van der Waals surface area contributed by atoms with Crippen LogP contribution in [0.25, 0.3) is 21.9 Å². The van der Waals surface area contributed by atoms with E-state index >= 15 is 0 Å². The highest BCUT2D eigenvalue weighted by Crippen LogP contribution is 2.27. The zero-order chi connectivity index (χ0) is 19.8. The molecule has 29 heavy (non-hydrogen) atoms. The Bertz CT molecular complexity index is 1140. The molecule has 0 amide bonds. The molecule has 0 bridgehead atoms. The molecule has 3 aromatic heterocycles. The highest BCUT2D eigenvalue weighted by atomic mass is 15.4. The maximum atomic E-state index is 4.75. The second kappa shape index (κ2) is 7.36. The van der Waals surface area contributed by atoms with Crippen molar-refractivity contribution in [3.05, 3.63) is 42.2 Å². The van der Waals surface area contributed by atoms with Gasteiger partial charge in [-0.1, -0.05) is 11.3 Å². The summed E-state index contributed by atoms with van der Waals surface area (Å²) in [6.45, 7) is 6.32. The Kier molecular flexibility index (Phi) is 4.55. The molecule has 0 saturated carbocycles. The van der Waals surface area contributed by atoms with Crippen molar-refractivity contribution in [2.45, 2.75) is 38.6 Å². The summed E-state index contributed by atoms with van der Waals surface area (Å²) < 4.78 is 1.90. The number of rotatable bonds is 4. The van der Waals surface area contributed by atoms with Crippen LogP contribution in [-0.2, 0) is 0 Å². The summed E-state index contributed by atoms with van der Waals surface area (Å²) in [4.78, 5) is 13.8. The second-order valence-corrected chi connectivity index (χ2v) is 7.82. The predicted octanol–water partition coefficient (Wildman–Crippen LogP) is 3.56. The lowest BCUT2D eigenvalue weighted by Crippen LogP contribution is -2.26. The minimum Gasteiger partial charge on any atom is -0.317 e. The lowest BCUT2D eigenvalue weighted by Gasteiger charge is -2.22. The van der Waals surface area contributed by atoms with Gasteiger partial charge in [0.2, 0.25) is 5.95 Å². The van der Waals surface area contributed by atoms with Gasteiger partial charge >= 0.3 is 0 Å². The van der Waals surface area contributed by atoms with Crippen molar-refractivity contribution in [2.24, 2.45) is 0 Å². The number of hydrogen-bond acceptors (Lipinski definition) is 7. The molecule has 148 valence electrons. The van der Waals surface area contributed by atoms with E-state index in [9.17, 15) is 0 Å². The van der Waals surface area contributed by atoms with E-state index in [1.54, 1.807) is 0 Å². The third-order valence-corrected chi connectivity index (χ3v) is 5.51. The molecule has 0 spiro atoms. The third-order valence-electron chi connectivity index (χ3n) is 5.51. The van der Waals surface area contributed by atoms with Crippen molar-refractivity contribution in [3.8, 4) is 0 Å². The van der Waals surface area contributed by atoms with Crippen LogP contribution in [0.5, 0.6) is 0 Å². The molecule has 1 aliphatic rings. The molecule has 1 aliphatic heterocycles.